The van der Waals surface area contributed by atoms with E-state index < -0.39 is 0 Å². The fourth-order valence-electron chi connectivity index (χ4n) is 5.54. The van der Waals surface area contributed by atoms with Gasteiger partial charge in [-0.25, -0.2) is 4.98 Å². The fourth-order valence-corrected chi connectivity index (χ4v) is 6.47. The van der Waals surface area contributed by atoms with Gasteiger partial charge in [0.2, 0.25) is 0 Å². The van der Waals surface area contributed by atoms with Crippen LogP contribution >= 0.6 is 11.3 Å². The molecule has 1 aliphatic heterocycles. The molecule has 0 spiro atoms. The van der Waals surface area contributed by atoms with Crippen LogP contribution in [0.1, 0.15) is 45.0 Å². The number of imidazole rings is 1. The van der Waals surface area contributed by atoms with Crippen LogP contribution < -0.4 is 0 Å². The molecule has 4 aromatic carbocycles. The third-order valence-corrected chi connectivity index (χ3v) is 8.65. The zero-order valence-corrected chi connectivity index (χ0v) is 22.4. The van der Waals surface area contributed by atoms with Crippen molar-refractivity contribution in [3.05, 3.63) is 83.6 Å². The van der Waals surface area contributed by atoms with Gasteiger partial charge in [-0.1, -0.05) is 64.1 Å². The lowest BCUT2D eigenvalue weighted by atomic mass is 9.93. The van der Waals surface area contributed by atoms with Gasteiger partial charge < -0.3 is 4.98 Å². The molecule has 0 bridgehead atoms. The smallest absolute Gasteiger partial charge is 0.109 e. The Morgan fingerprint density at radius 1 is 0.757 bits per heavy atom. The molecule has 0 amide bonds. The van der Waals surface area contributed by atoms with Crippen LogP contribution in [0, 0.1) is 5.92 Å². The van der Waals surface area contributed by atoms with E-state index in [2.05, 4.69) is 104 Å². The first-order valence-electron chi connectivity index (χ1n) is 13.1. The summed E-state index contributed by atoms with van der Waals surface area (Å²) in [5.74, 6) is 1.89. The number of aromatic amines is 1. The van der Waals surface area contributed by atoms with E-state index in [-0.39, 0.29) is 0 Å². The molecule has 0 unspecified atom stereocenters. The van der Waals surface area contributed by atoms with Crippen LogP contribution in [-0.4, -0.2) is 15.7 Å². The summed E-state index contributed by atoms with van der Waals surface area (Å²) in [6, 6.07) is 22.7. The third-order valence-electron chi connectivity index (χ3n) is 7.70. The Kier molecular flexibility index (Phi) is 5.09. The Balaban J connectivity index is 1.30. The summed E-state index contributed by atoms with van der Waals surface area (Å²) in [6.07, 6.45) is 2.90. The highest BCUT2D eigenvalue weighted by Gasteiger charge is 2.23. The Morgan fingerprint density at radius 3 is 2.24 bits per heavy atom. The Labute approximate surface area is 220 Å². The lowest BCUT2D eigenvalue weighted by Crippen LogP contribution is -2.06. The molecule has 3 heterocycles. The van der Waals surface area contributed by atoms with Crippen molar-refractivity contribution in [2.75, 3.05) is 0 Å². The van der Waals surface area contributed by atoms with E-state index >= 15 is 0 Å². The van der Waals surface area contributed by atoms with E-state index in [1.807, 2.05) is 17.5 Å². The predicted molar refractivity (Wildman–Crippen MR) is 160 cm³/mol. The second-order valence-corrected chi connectivity index (χ2v) is 11.7. The summed E-state index contributed by atoms with van der Waals surface area (Å²) in [4.78, 5) is 13.1. The number of nitrogens with zero attached hydrogens (tertiary/aromatic N) is 2. The van der Waals surface area contributed by atoms with Crippen molar-refractivity contribution < 1.29 is 0 Å². The maximum atomic E-state index is 5.07. The molecular formula is C33H29N3S. The van der Waals surface area contributed by atoms with Crippen LogP contribution in [0.3, 0.4) is 0 Å². The third kappa shape index (κ3) is 3.62. The summed E-state index contributed by atoms with van der Waals surface area (Å²) < 4.78 is 1.34. The summed E-state index contributed by atoms with van der Waals surface area (Å²) >= 11 is 1.82. The average Bonchev–Trinajstić information content (AvgIpc) is 3.67. The highest BCUT2D eigenvalue weighted by molar-refractivity contribution is 7.18. The van der Waals surface area contributed by atoms with Gasteiger partial charge in [-0.05, 0) is 68.4 Å². The van der Waals surface area contributed by atoms with E-state index in [4.69, 9.17) is 4.99 Å². The van der Waals surface area contributed by atoms with Gasteiger partial charge in [0.05, 0.1) is 17.6 Å². The molecule has 0 atom stereocenters. The number of rotatable bonds is 4. The van der Waals surface area contributed by atoms with Crippen LogP contribution in [0.15, 0.2) is 77.2 Å². The molecule has 1 aliphatic rings. The lowest BCUT2D eigenvalue weighted by Gasteiger charge is -2.11. The van der Waals surface area contributed by atoms with Gasteiger partial charge in [0.15, 0.2) is 0 Å². The first kappa shape index (κ1) is 22.4. The summed E-state index contributed by atoms with van der Waals surface area (Å²) in [5.41, 5.74) is 8.62. The topological polar surface area (TPSA) is 41.0 Å². The van der Waals surface area contributed by atoms with Crippen molar-refractivity contribution in [3.63, 3.8) is 0 Å². The predicted octanol–water partition coefficient (Wildman–Crippen LogP) is 9.67. The van der Waals surface area contributed by atoms with Gasteiger partial charge in [0.1, 0.15) is 5.82 Å². The number of benzene rings is 4. The SMILES string of the molecule is CC(C)C1=Nc2c(c3ccc(-c4ccc5cc(-c6cnc(C(C)C)[nH]6)ccc5c4)cc3c3sccc23)C1. The van der Waals surface area contributed by atoms with Gasteiger partial charge in [-0.2, -0.15) is 0 Å². The van der Waals surface area contributed by atoms with Crippen molar-refractivity contribution in [3.8, 4) is 22.4 Å². The fraction of sp³-hybridized carbons (Fsp3) is 0.212. The molecule has 2 aromatic heterocycles. The summed E-state index contributed by atoms with van der Waals surface area (Å²) in [5, 5.41) is 8.67. The number of nitrogens with one attached hydrogen (secondary N) is 1. The van der Waals surface area contributed by atoms with Crippen LogP contribution in [0.25, 0.3) is 54.0 Å². The molecule has 7 rings (SSSR count). The van der Waals surface area contributed by atoms with Crippen LogP contribution in [0.4, 0.5) is 5.69 Å². The number of fused-ring (bicyclic) bond motifs is 7. The number of H-pyrrole nitrogens is 1. The van der Waals surface area contributed by atoms with Crippen LogP contribution in [0.5, 0.6) is 0 Å². The zero-order valence-electron chi connectivity index (χ0n) is 21.6. The molecular weight excluding hydrogens is 470 g/mol. The highest BCUT2D eigenvalue weighted by Crippen LogP contribution is 2.45. The van der Waals surface area contributed by atoms with Gasteiger partial charge in [0, 0.05) is 39.1 Å². The second kappa shape index (κ2) is 8.39. The minimum absolute atomic E-state index is 0.389. The average molecular weight is 500 g/mol. The molecule has 182 valence electrons. The monoisotopic (exact) mass is 499 g/mol. The van der Waals surface area contributed by atoms with Crippen molar-refractivity contribution in [2.45, 2.75) is 40.0 Å². The number of aromatic nitrogens is 2. The largest absolute Gasteiger partial charge is 0.342 e. The van der Waals surface area contributed by atoms with Gasteiger partial charge in [-0.15, -0.1) is 11.3 Å². The van der Waals surface area contributed by atoms with Crippen LogP contribution in [0.2, 0.25) is 0 Å². The van der Waals surface area contributed by atoms with Crippen molar-refractivity contribution in [2.24, 2.45) is 10.9 Å². The second-order valence-electron chi connectivity index (χ2n) is 10.8. The molecule has 0 aliphatic carbocycles. The molecule has 3 nitrogen and oxygen atoms in total. The molecule has 0 fully saturated rings. The van der Waals surface area contributed by atoms with Gasteiger partial charge in [0.25, 0.3) is 0 Å². The Morgan fingerprint density at radius 2 is 1.49 bits per heavy atom. The molecule has 37 heavy (non-hydrogen) atoms. The van der Waals surface area contributed by atoms with E-state index in [0.29, 0.717) is 11.8 Å². The quantitative estimate of drug-likeness (QED) is 0.258. The van der Waals surface area contributed by atoms with Gasteiger partial charge >= 0.3 is 0 Å². The molecule has 4 heteroatoms. The molecule has 0 radical (unpaired) electrons. The summed E-state index contributed by atoms with van der Waals surface area (Å²) in [6.45, 7) is 8.81. The lowest BCUT2D eigenvalue weighted by molar-refractivity contribution is 0.795. The Hall–Kier alpha value is -3.76. The van der Waals surface area contributed by atoms with E-state index in [0.717, 1.165) is 17.9 Å². The molecule has 0 saturated carbocycles. The van der Waals surface area contributed by atoms with Crippen molar-refractivity contribution in [1.82, 2.24) is 9.97 Å². The first-order chi connectivity index (χ1) is 18.0. The highest BCUT2D eigenvalue weighted by atomic mass is 32.1. The minimum atomic E-state index is 0.389. The number of thiophene rings is 1. The van der Waals surface area contributed by atoms with Crippen molar-refractivity contribution in [1.29, 1.82) is 0 Å². The van der Waals surface area contributed by atoms with E-state index in [1.165, 1.54) is 65.3 Å². The first-order valence-corrected chi connectivity index (χ1v) is 14.0. The van der Waals surface area contributed by atoms with Crippen LogP contribution in [-0.2, 0) is 6.42 Å². The van der Waals surface area contributed by atoms with Gasteiger partial charge in [-0.3, -0.25) is 4.99 Å². The number of aliphatic imine (C=N–C) groups is 1. The summed E-state index contributed by atoms with van der Waals surface area (Å²) in [7, 11) is 0. The molecule has 6 aromatic rings. The number of hydrogen-bond donors (Lipinski definition) is 1. The minimum Gasteiger partial charge on any atom is -0.342 e. The standard InChI is InChI=1S/C33H29N3S/c1-18(2)29-16-27-25-10-9-23(15-28(25)32-26(11-12-37-32)31(27)35-29)21-5-6-22-14-24(8-7-20(22)13-21)30-17-34-33(36-30)19(3)4/h5-15,17-19H,16H2,1-4H3,(H,34,36). The molecule has 0 saturated heterocycles. The number of hydrogen-bond acceptors (Lipinski definition) is 3. The maximum Gasteiger partial charge on any atom is 0.109 e. The Bertz CT molecular complexity index is 1870. The maximum absolute atomic E-state index is 5.07. The normalized spacial score (nSPS) is 13.4. The van der Waals surface area contributed by atoms with E-state index in [1.54, 1.807) is 0 Å². The zero-order chi connectivity index (χ0) is 25.3. The van der Waals surface area contributed by atoms with Crippen molar-refractivity contribution >= 4 is 54.4 Å². The van der Waals surface area contributed by atoms with E-state index in [9.17, 15) is 0 Å². The molecule has 1 N–H and O–H groups in total.